The highest BCUT2D eigenvalue weighted by Crippen LogP contribution is 2.36. The second-order valence-electron chi connectivity index (χ2n) is 7.24. The molecule has 2 atom stereocenters. The highest BCUT2D eigenvalue weighted by Gasteiger charge is 2.41. The van der Waals surface area contributed by atoms with Crippen LogP contribution in [-0.2, 0) is 36.9 Å². The van der Waals surface area contributed by atoms with E-state index in [0.717, 1.165) is 6.92 Å². The number of methoxy groups -OCH3 is 4. The van der Waals surface area contributed by atoms with Gasteiger partial charge in [-0.1, -0.05) is 6.07 Å². The van der Waals surface area contributed by atoms with Gasteiger partial charge in [-0.3, -0.25) is 4.79 Å². The van der Waals surface area contributed by atoms with Crippen molar-refractivity contribution in [3.63, 3.8) is 0 Å². The van der Waals surface area contributed by atoms with E-state index >= 15 is 0 Å². The van der Waals surface area contributed by atoms with E-state index in [2.05, 4.69) is 0 Å². The van der Waals surface area contributed by atoms with Gasteiger partial charge in [0.05, 0.1) is 34.0 Å². The molecule has 0 radical (unpaired) electrons. The van der Waals surface area contributed by atoms with E-state index in [0.29, 0.717) is 28.4 Å². The first kappa shape index (κ1) is 26.9. The van der Waals surface area contributed by atoms with Crippen molar-refractivity contribution in [3.05, 3.63) is 52.4 Å². The summed E-state index contributed by atoms with van der Waals surface area (Å²) in [5.41, 5.74) is -0.696. The number of ether oxygens (including phenoxy) is 5. The van der Waals surface area contributed by atoms with Gasteiger partial charge in [-0.2, -0.15) is 0 Å². The summed E-state index contributed by atoms with van der Waals surface area (Å²) in [5, 5.41) is 11.2. The maximum absolute atomic E-state index is 12.8. The number of carbonyl (C=O) groups is 2. The zero-order chi connectivity index (χ0) is 25.5. The Morgan fingerprint density at radius 1 is 1.00 bits per heavy atom. The third-order valence-corrected chi connectivity index (χ3v) is 6.04. The lowest BCUT2D eigenvalue weighted by Gasteiger charge is -2.27. The number of carboxylic acids is 1. The molecule has 0 saturated carbocycles. The number of rotatable bonds is 11. The summed E-state index contributed by atoms with van der Waals surface area (Å²) in [6.07, 6.45) is 1.62. The number of aliphatic carboxylic acids is 1. The van der Waals surface area contributed by atoms with Crippen LogP contribution in [0.2, 0.25) is 0 Å². The van der Waals surface area contributed by atoms with Crippen molar-refractivity contribution >= 4 is 29.2 Å². The van der Waals surface area contributed by atoms with Gasteiger partial charge in [-0.05, 0) is 30.2 Å². The summed E-state index contributed by atoms with van der Waals surface area (Å²) in [6.45, 7) is 2.39. The monoisotopic (exact) mass is 492 g/mol. The Morgan fingerprint density at radius 3 is 2.06 bits per heavy atom. The van der Waals surface area contributed by atoms with E-state index in [-0.39, 0.29) is 17.1 Å². The summed E-state index contributed by atoms with van der Waals surface area (Å²) in [4.78, 5) is 23.5. The predicted octanol–water partition coefficient (Wildman–Crippen LogP) is 3.50. The summed E-state index contributed by atoms with van der Waals surface area (Å²) >= 11 is -1.48. The van der Waals surface area contributed by atoms with Crippen LogP contribution in [0.5, 0.6) is 23.0 Å². The first-order valence-electron chi connectivity index (χ1n) is 10.0. The highest BCUT2D eigenvalue weighted by atomic mass is 32.2. The minimum absolute atomic E-state index is 0.0735. The Bertz CT molecular complexity index is 1040. The normalized spacial score (nSPS) is 13.6. The molecule has 2 aromatic rings. The van der Waals surface area contributed by atoms with Crippen molar-refractivity contribution in [2.75, 3.05) is 28.4 Å². The Hall–Kier alpha value is -3.37. The number of carboxylic acid groups (broad SMARTS) is 1. The van der Waals surface area contributed by atoms with E-state index in [4.69, 9.17) is 23.7 Å². The zero-order valence-corrected chi connectivity index (χ0v) is 20.7. The van der Waals surface area contributed by atoms with Gasteiger partial charge in [-0.25, -0.2) is 4.79 Å². The first-order chi connectivity index (χ1) is 16.1. The van der Waals surface area contributed by atoms with Gasteiger partial charge in [0.1, 0.15) is 34.2 Å². The van der Waals surface area contributed by atoms with Crippen LogP contribution in [0.25, 0.3) is 6.08 Å². The maximum atomic E-state index is 12.8. The molecule has 34 heavy (non-hydrogen) atoms. The predicted molar refractivity (Wildman–Crippen MR) is 127 cm³/mol. The van der Waals surface area contributed by atoms with Crippen LogP contribution < -0.4 is 18.9 Å². The quantitative estimate of drug-likeness (QED) is 0.371. The van der Waals surface area contributed by atoms with Crippen LogP contribution in [0.4, 0.5) is 0 Å². The SMILES string of the molecule is COc1cc(OC)c(C=C[S+]([O-])Cc2ccc(OC)c(C(C)(OC(C)=O)C(=O)O)c2)c(OC)c1. The molecule has 9 nitrogen and oxygen atoms in total. The van der Waals surface area contributed by atoms with Crippen LogP contribution in [0.15, 0.2) is 35.7 Å². The van der Waals surface area contributed by atoms with Crippen LogP contribution in [-0.4, -0.2) is 50.0 Å². The second kappa shape index (κ2) is 11.7. The van der Waals surface area contributed by atoms with Crippen LogP contribution >= 0.6 is 0 Å². The van der Waals surface area contributed by atoms with Crippen molar-refractivity contribution in [1.29, 1.82) is 0 Å². The fraction of sp³-hybridized carbons (Fsp3) is 0.333. The van der Waals surface area contributed by atoms with Crippen molar-refractivity contribution in [3.8, 4) is 23.0 Å². The van der Waals surface area contributed by atoms with Crippen LogP contribution in [0.3, 0.4) is 0 Å². The van der Waals surface area contributed by atoms with Crippen LogP contribution in [0, 0.1) is 0 Å². The van der Waals surface area contributed by atoms with Gasteiger partial charge in [-0.15, -0.1) is 0 Å². The molecule has 2 aromatic carbocycles. The molecule has 0 aliphatic carbocycles. The zero-order valence-electron chi connectivity index (χ0n) is 19.9. The molecule has 10 heteroatoms. The maximum Gasteiger partial charge on any atom is 0.352 e. The number of hydrogen-bond acceptors (Lipinski definition) is 8. The molecule has 0 heterocycles. The number of hydrogen-bond donors (Lipinski definition) is 1. The fourth-order valence-electron chi connectivity index (χ4n) is 3.27. The van der Waals surface area contributed by atoms with E-state index in [1.165, 1.54) is 46.8 Å². The standard InChI is InChI=1S/C24H28O9S/c1-15(25)33-24(2,23(26)27)19-11-16(7-8-20(19)30-4)14-34(28)10-9-18-21(31-5)12-17(29-3)13-22(18)32-6/h7-13H,14H2,1-6H3,(H,26,27). The van der Waals surface area contributed by atoms with Gasteiger partial charge in [0, 0.05) is 36.3 Å². The second-order valence-corrected chi connectivity index (χ2v) is 8.56. The number of carbonyl (C=O) groups excluding carboxylic acids is 1. The molecule has 0 bridgehead atoms. The number of esters is 1. The van der Waals surface area contributed by atoms with Crippen molar-refractivity contribution in [2.24, 2.45) is 0 Å². The topological polar surface area (TPSA) is 124 Å². The lowest BCUT2D eigenvalue weighted by atomic mass is 9.93. The molecule has 0 fully saturated rings. The minimum Gasteiger partial charge on any atom is -0.612 e. The Labute approximate surface area is 201 Å². The molecule has 0 aliphatic heterocycles. The highest BCUT2D eigenvalue weighted by molar-refractivity contribution is 7.93. The molecule has 2 unspecified atom stereocenters. The Morgan fingerprint density at radius 2 is 1.59 bits per heavy atom. The van der Waals surface area contributed by atoms with E-state index in [1.54, 1.807) is 30.3 Å². The van der Waals surface area contributed by atoms with Gasteiger partial charge < -0.3 is 33.3 Å². The first-order valence-corrected chi connectivity index (χ1v) is 11.4. The van der Waals surface area contributed by atoms with E-state index in [1.807, 2.05) is 0 Å². The van der Waals surface area contributed by atoms with Crippen LogP contribution in [0.1, 0.15) is 30.5 Å². The number of benzene rings is 2. The van der Waals surface area contributed by atoms with E-state index in [9.17, 15) is 19.2 Å². The average molecular weight is 493 g/mol. The summed E-state index contributed by atoms with van der Waals surface area (Å²) < 4.78 is 39.2. The Kier molecular flexibility index (Phi) is 9.22. The van der Waals surface area contributed by atoms with Crippen molar-refractivity contribution in [1.82, 2.24) is 0 Å². The van der Waals surface area contributed by atoms with Gasteiger partial charge in [0.2, 0.25) is 5.60 Å². The largest absolute Gasteiger partial charge is 0.612 e. The summed E-state index contributed by atoms with van der Waals surface area (Å²) in [5.74, 6) is -0.311. The lowest BCUT2D eigenvalue weighted by Crippen LogP contribution is -2.37. The van der Waals surface area contributed by atoms with Crippen molar-refractivity contribution in [2.45, 2.75) is 25.2 Å². The minimum atomic E-state index is -1.98. The molecule has 0 saturated heterocycles. The van der Waals surface area contributed by atoms with E-state index < -0.39 is 28.7 Å². The summed E-state index contributed by atoms with van der Waals surface area (Å²) in [7, 11) is 5.91. The van der Waals surface area contributed by atoms with Gasteiger partial charge >= 0.3 is 11.9 Å². The molecular formula is C24H28O9S. The fourth-order valence-corrected chi connectivity index (χ4v) is 4.16. The molecule has 0 amide bonds. The van der Waals surface area contributed by atoms with Gasteiger partial charge in [0.15, 0.2) is 0 Å². The molecule has 0 aromatic heterocycles. The Balaban J connectivity index is 2.37. The average Bonchev–Trinajstić information content (AvgIpc) is 2.81. The van der Waals surface area contributed by atoms with Gasteiger partial charge in [0.25, 0.3) is 0 Å². The molecule has 2 rings (SSSR count). The third kappa shape index (κ3) is 6.15. The molecule has 184 valence electrons. The van der Waals surface area contributed by atoms with Crippen molar-refractivity contribution < 1.29 is 42.9 Å². The third-order valence-electron chi connectivity index (χ3n) is 4.98. The molecule has 0 aliphatic rings. The molecule has 0 spiro atoms. The lowest BCUT2D eigenvalue weighted by molar-refractivity contribution is -0.176. The molecular weight excluding hydrogens is 464 g/mol. The smallest absolute Gasteiger partial charge is 0.352 e. The summed E-state index contributed by atoms with van der Waals surface area (Å²) in [6, 6.07) is 8.09. The molecule has 1 N–H and O–H groups in total.